The van der Waals surface area contributed by atoms with Crippen molar-refractivity contribution in [3.8, 4) is 11.8 Å². The molecule has 1 aromatic rings. The molecule has 0 aliphatic heterocycles. The third-order valence-corrected chi connectivity index (χ3v) is 4.01. The van der Waals surface area contributed by atoms with E-state index in [2.05, 4.69) is 25.7 Å². The molecule has 0 bridgehead atoms. The second-order valence-electron chi connectivity index (χ2n) is 4.52. The van der Waals surface area contributed by atoms with Crippen molar-refractivity contribution in [3.05, 3.63) is 21.9 Å². The number of nitrogens with zero attached hydrogens (tertiary/aromatic N) is 1. The maximum Gasteiger partial charge on any atom is 0.225 e. The molecule has 0 saturated carbocycles. The first-order valence-electron chi connectivity index (χ1n) is 6.63. The van der Waals surface area contributed by atoms with Gasteiger partial charge in [-0.15, -0.1) is 11.3 Å². The van der Waals surface area contributed by atoms with Crippen molar-refractivity contribution in [1.29, 1.82) is 0 Å². The molecule has 1 heterocycles. The number of amides is 1. The Kier molecular flexibility index (Phi) is 6.61. The van der Waals surface area contributed by atoms with Gasteiger partial charge in [-0.2, -0.15) is 0 Å². The third-order valence-electron chi connectivity index (χ3n) is 3.09. The number of hydrogen-bond donors (Lipinski definition) is 1. The highest BCUT2D eigenvalue weighted by atomic mass is 32.1. The van der Waals surface area contributed by atoms with Gasteiger partial charge in [0.15, 0.2) is 0 Å². The summed E-state index contributed by atoms with van der Waals surface area (Å²) in [6.45, 7) is 5.15. The second-order valence-corrected chi connectivity index (χ2v) is 5.51. The molecule has 0 aliphatic carbocycles. The van der Waals surface area contributed by atoms with Gasteiger partial charge in [0.1, 0.15) is 0 Å². The molecule has 2 N–H and O–H groups in total. The Morgan fingerprint density at radius 2 is 2.16 bits per heavy atom. The minimum Gasteiger partial charge on any atom is -0.340 e. The first kappa shape index (κ1) is 15.7. The van der Waals surface area contributed by atoms with Crippen molar-refractivity contribution >= 4 is 17.2 Å². The molecule has 1 rings (SSSR count). The van der Waals surface area contributed by atoms with E-state index in [1.807, 2.05) is 23.4 Å². The Morgan fingerprint density at radius 1 is 1.47 bits per heavy atom. The van der Waals surface area contributed by atoms with Crippen molar-refractivity contribution in [2.24, 2.45) is 11.7 Å². The van der Waals surface area contributed by atoms with Crippen molar-refractivity contribution < 1.29 is 4.79 Å². The van der Waals surface area contributed by atoms with Crippen LogP contribution in [-0.2, 0) is 11.3 Å². The molecule has 1 amide bonds. The smallest absolute Gasteiger partial charge is 0.225 e. The molecule has 0 atom stereocenters. The predicted octanol–water partition coefficient (Wildman–Crippen LogP) is 2.45. The van der Waals surface area contributed by atoms with Gasteiger partial charge in [-0.1, -0.05) is 25.7 Å². The molecule has 0 radical (unpaired) electrons. The Bertz CT molecular complexity index is 466. The van der Waals surface area contributed by atoms with E-state index in [0.29, 0.717) is 13.1 Å². The molecule has 4 heteroatoms. The molecule has 0 fully saturated rings. The largest absolute Gasteiger partial charge is 0.340 e. The Hall–Kier alpha value is -1.31. The zero-order chi connectivity index (χ0) is 14.3. The highest BCUT2D eigenvalue weighted by Gasteiger charge is 2.18. The fourth-order valence-electron chi connectivity index (χ4n) is 1.94. The second kappa shape index (κ2) is 7.98. The predicted molar refractivity (Wildman–Crippen MR) is 80.8 cm³/mol. The van der Waals surface area contributed by atoms with Gasteiger partial charge in [0.05, 0.1) is 13.1 Å². The summed E-state index contributed by atoms with van der Waals surface area (Å²) in [5, 5.41) is 2.01. The number of rotatable bonds is 5. The van der Waals surface area contributed by atoms with Gasteiger partial charge in [-0.05, 0) is 18.9 Å². The van der Waals surface area contributed by atoms with Crippen LogP contribution < -0.4 is 5.73 Å². The van der Waals surface area contributed by atoms with Gasteiger partial charge in [-0.25, -0.2) is 0 Å². The highest BCUT2D eigenvalue weighted by Crippen LogP contribution is 2.18. The first-order chi connectivity index (χ1) is 9.12. The van der Waals surface area contributed by atoms with E-state index >= 15 is 0 Å². The minimum absolute atomic E-state index is 0.140. The van der Waals surface area contributed by atoms with Crippen LogP contribution in [0.2, 0.25) is 0 Å². The summed E-state index contributed by atoms with van der Waals surface area (Å²) in [6, 6.07) is 2.03. The van der Waals surface area contributed by atoms with Gasteiger partial charge in [0, 0.05) is 28.8 Å². The van der Waals surface area contributed by atoms with Crippen molar-refractivity contribution in [2.45, 2.75) is 33.2 Å². The van der Waals surface area contributed by atoms with Gasteiger partial charge >= 0.3 is 0 Å². The van der Waals surface area contributed by atoms with Crippen LogP contribution >= 0.6 is 11.3 Å². The summed E-state index contributed by atoms with van der Waals surface area (Å²) < 4.78 is 0. The van der Waals surface area contributed by atoms with E-state index < -0.39 is 0 Å². The first-order valence-corrected chi connectivity index (χ1v) is 7.51. The lowest BCUT2D eigenvalue weighted by Crippen LogP contribution is -2.31. The Labute approximate surface area is 119 Å². The van der Waals surface area contributed by atoms with E-state index in [1.165, 1.54) is 0 Å². The normalized spacial score (nSPS) is 10.2. The van der Waals surface area contributed by atoms with Crippen LogP contribution in [0.4, 0.5) is 0 Å². The lowest BCUT2D eigenvalue weighted by atomic mass is 10.0. The summed E-state index contributed by atoms with van der Waals surface area (Å²) in [5.74, 6) is 6.21. The lowest BCUT2D eigenvalue weighted by molar-refractivity contribution is -0.134. The standard InChI is InChI=1S/C15H22N2OS/c1-4-13(5-2)15(18)17(3)10-14-9-12(11-19-14)7-6-8-16/h9,11,13H,4-5,8,10,16H2,1-3H3. The molecule has 0 aromatic carbocycles. The van der Waals surface area contributed by atoms with E-state index in [1.54, 1.807) is 11.3 Å². The van der Waals surface area contributed by atoms with Crippen LogP contribution in [0.15, 0.2) is 11.4 Å². The maximum absolute atomic E-state index is 12.2. The van der Waals surface area contributed by atoms with E-state index in [4.69, 9.17) is 5.73 Å². The van der Waals surface area contributed by atoms with Gasteiger partial charge < -0.3 is 10.6 Å². The fraction of sp³-hybridized carbons (Fsp3) is 0.533. The van der Waals surface area contributed by atoms with Crippen LogP contribution in [0.25, 0.3) is 0 Å². The molecule has 0 aliphatic rings. The van der Waals surface area contributed by atoms with Crippen molar-refractivity contribution in [3.63, 3.8) is 0 Å². The molecule has 104 valence electrons. The van der Waals surface area contributed by atoms with Crippen molar-refractivity contribution in [1.82, 2.24) is 4.90 Å². The molecule has 19 heavy (non-hydrogen) atoms. The van der Waals surface area contributed by atoms with Crippen LogP contribution in [0.3, 0.4) is 0 Å². The number of carbonyl (C=O) groups excluding carboxylic acids is 1. The molecule has 0 spiro atoms. The molecular formula is C15H22N2OS. The van der Waals surface area contributed by atoms with Gasteiger partial charge in [0.25, 0.3) is 0 Å². The fourth-order valence-corrected chi connectivity index (χ4v) is 2.81. The average molecular weight is 278 g/mol. The van der Waals surface area contributed by atoms with Crippen LogP contribution in [-0.4, -0.2) is 24.4 Å². The van der Waals surface area contributed by atoms with Gasteiger partial charge in [0.2, 0.25) is 5.91 Å². The van der Waals surface area contributed by atoms with Crippen molar-refractivity contribution in [2.75, 3.05) is 13.6 Å². The topological polar surface area (TPSA) is 46.3 Å². The lowest BCUT2D eigenvalue weighted by Gasteiger charge is -2.21. The van der Waals surface area contributed by atoms with E-state index in [9.17, 15) is 4.79 Å². The van der Waals surface area contributed by atoms with Crippen LogP contribution in [0.1, 0.15) is 37.1 Å². The van der Waals surface area contributed by atoms with Crippen LogP contribution in [0.5, 0.6) is 0 Å². The molecule has 0 saturated heterocycles. The zero-order valence-corrected chi connectivity index (χ0v) is 12.7. The van der Waals surface area contributed by atoms with Gasteiger partial charge in [-0.3, -0.25) is 4.79 Å². The molecule has 0 unspecified atom stereocenters. The van der Waals surface area contributed by atoms with E-state index in [0.717, 1.165) is 23.3 Å². The van der Waals surface area contributed by atoms with Crippen LogP contribution in [0, 0.1) is 17.8 Å². The minimum atomic E-state index is 0.140. The zero-order valence-electron chi connectivity index (χ0n) is 11.9. The Balaban J connectivity index is 2.63. The average Bonchev–Trinajstić information content (AvgIpc) is 2.85. The third kappa shape index (κ3) is 4.70. The molecular weight excluding hydrogens is 256 g/mol. The monoisotopic (exact) mass is 278 g/mol. The summed E-state index contributed by atoms with van der Waals surface area (Å²) in [4.78, 5) is 15.1. The summed E-state index contributed by atoms with van der Waals surface area (Å²) in [5.41, 5.74) is 6.32. The highest BCUT2D eigenvalue weighted by molar-refractivity contribution is 7.10. The molecule has 3 nitrogen and oxygen atoms in total. The number of carbonyl (C=O) groups is 1. The quantitative estimate of drug-likeness (QED) is 0.841. The molecule has 1 aromatic heterocycles. The number of hydrogen-bond acceptors (Lipinski definition) is 3. The van der Waals surface area contributed by atoms with E-state index in [-0.39, 0.29) is 11.8 Å². The summed E-state index contributed by atoms with van der Waals surface area (Å²) in [7, 11) is 1.87. The SMILES string of the molecule is CCC(CC)C(=O)N(C)Cc1cc(C#CCN)cs1. The Morgan fingerprint density at radius 3 is 2.74 bits per heavy atom. The maximum atomic E-state index is 12.2. The summed E-state index contributed by atoms with van der Waals surface area (Å²) in [6.07, 6.45) is 1.80. The number of nitrogens with two attached hydrogens (primary N) is 1. The number of thiophene rings is 1. The summed E-state index contributed by atoms with van der Waals surface area (Å²) >= 11 is 1.64.